The first-order chi connectivity index (χ1) is 11.6. The van der Waals surface area contributed by atoms with Gasteiger partial charge >= 0.3 is 0 Å². The van der Waals surface area contributed by atoms with E-state index in [2.05, 4.69) is 90.1 Å². The van der Waals surface area contributed by atoms with Crippen molar-refractivity contribution in [1.82, 2.24) is 15.5 Å². The Morgan fingerprint density at radius 1 is 0.917 bits per heavy atom. The average molecular weight is 324 g/mol. The molecule has 4 nitrogen and oxygen atoms in total. The van der Waals surface area contributed by atoms with Gasteiger partial charge in [0.15, 0.2) is 5.96 Å². The lowest BCUT2D eigenvalue weighted by Gasteiger charge is -2.16. The third-order valence-corrected chi connectivity index (χ3v) is 3.86. The highest BCUT2D eigenvalue weighted by Crippen LogP contribution is 2.10. The molecule has 0 bridgehead atoms. The van der Waals surface area contributed by atoms with Crippen molar-refractivity contribution in [2.75, 3.05) is 21.1 Å². The van der Waals surface area contributed by atoms with Gasteiger partial charge in [0.2, 0.25) is 0 Å². The van der Waals surface area contributed by atoms with E-state index >= 15 is 0 Å². The van der Waals surface area contributed by atoms with Crippen molar-refractivity contribution in [2.24, 2.45) is 4.99 Å². The minimum absolute atomic E-state index is 0.761. The van der Waals surface area contributed by atoms with Crippen LogP contribution in [0.15, 0.2) is 53.5 Å². The number of aliphatic imine (C=N–C) groups is 1. The van der Waals surface area contributed by atoms with Crippen LogP contribution in [-0.2, 0) is 19.6 Å². The van der Waals surface area contributed by atoms with Crippen LogP contribution in [0.1, 0.15) is 22.3 Å². The van der Waals surface area contributed by atoms with Crippen molar-refractivity contribution in [3.8, 4) is 0 Å². The van der Waals surface area contributed by atoms with Crippen LogP contribution in [0.2, 0.25) is 0 Å². The monoisotopic (exact) mass is 324 g/mol. The predicted molar refractivity (Wildman–Crippen MR) is 102 cm³/mol. The van der Waals surface area contributed by atoms with Gasteiger partial charge in [-0.3, -0.25) is 4.99 Å². The molecule has 0 aliphatic rings. The van der Waals surface area contributed by atoms with E-state index in [9.17, 15) is 0 Å². The molecular formula is C20H28N4. The van der Waals surface area contributed by atoms with Crippen LogP contribution in [0, 0.1) is 6.92 Å². The lowest BCUT2D eigenvalue weighted by Crippen LogP contribution is -2.36. The molecule has 0 heterocycles. The van der Waals surface area contributed by atoms with E-state index in [1.165, 1.54) is 22.3 Å². The van der Waals surface area contributed by atoms with Gasteiger partial charge in [-0.15, -0.1) is 0 Å². The van der Waals surface area contributed by atoms with Crippen LogP contribution in [0.4, 0.5) is 0 Å². The van der Waals surface area contributed by atoms with E-state index in [0.29, 0.717) is 0 Å². The number of benzene rings is 2. The molecule has 4 heteroatoms. The van der Waals surface area contributed by atoms with Gasteiger partial charge in [0, 0.05) is 26.7 Å². The molecule has 0 unspecified atom stereocenters. The Balaban J connectivity index is 1.91. The molecular weight excluding hydrogens is 296 g/mol. The van der Waals surface area contributed by atoms with Gasteiger partial charge < -0.3 is 15.5 Å². The van der Waals surface area contributed by atoms with Crippen LogP contribution < -0.4 is 10.6 Å². The van der Waals surface area contributed by atoms with Crippen LogP contribution in [0.3, 0.4) is 0 Å². The van der Waals surface area contributed by atoms with E-state index in [0.717, 1.165) is 25.6 Å². The summed E-state index contributed by atoms with van der Waals surface area (Å²) in [5.41, 5.74) is 5.16. The number of guanidine groups is 1. The molecule has 0 radical (unpaired) electrons. The van der Waals surface area contributed by atoms with Crippen LogP contribution >= 0.6 is 0 Å². The molecule has 0 saturated heterocycles. The molecule has 0 aromatic heterocycles. The molecule has 0 aliphatic carbocycles. The zero-order valence-electron chi connectivity index (χ0n) is 15.1. The molecule has 128 valence electrons. The lowest BCUT2D eigenvalue weighted by atomic mass is 10.1. The average Bonchev–Trinajstić information content (AvgIpc) is 2.57. The summed E-state index contributed by atoms with van der Waals surface area (Å²) in [5.74, 6) is 0.815. The molecule has 2 aromatic carbocycles. The highest BCUT2D eigenvalue weighted by Gasteiger charge is 2.04. The first-order valence-corrected chi connectivity index (χ1v) is 8.30. The second kappa shape index (κ2) is 9.08. The third-order valence-electron chi connectivity index (χ3n) is 3.86. The second-order valence-corrected chi connectivity index (χ2v) is 6.27. The largest absolute Gasteiger partial charge is 0.352 e. The van der Waals surface area contributed by atoms with E-state index in [-0.39, 0.29) is 0 Å². The normalized spacial score (nSPS) is 11.6. The Bertz CT molecular complexity index is 660. The van der Waals surface area contributed by atoms with Crippen LogP contribution in [-0.4, -0.2) is 32.0 Å². The zero-order valence-corrected chi connectivity index (χ0v) is 15.1. The Morgan fingerprint density at radius 2 is 1.54 bits per heavy atom. The van der Waals surface area contributed by atoms with Crippen LogP contribution in [0.5, 0.6) is 0 Å². The molecule has 2 rings (SSSR count). The molecule has 0 aliphatic heterocycles. The first kappa shape index (κ1) is 18.0. The van der Waals surface area contributed by atoms with Crippen LogP contribution in [0.25, 0.3) is 0 Å². The highest BCUT2D eigenvalue weighted by atomic mass is 15.2. The summed E-state index contributed by atoms with van der Waals surface area (Å²) in [6.07, 6.45) is 0. The van der Waals surface area contributed by atoms with Gasteiger partial charge in [-0.05, 0) is 37.7 Å². The van der Waals surface area contributed by atoms with Gasteiger partial charge in [0.05, 0.1) is 0 Å². The second-order valence-electron chi connectivity index (χ2n) is 6.27. The Kier molecular flexibility index (Phi) is 6.82. The number of hydrogen-bond acceptors (Lipinski definition) is 2. The summed E-state index contributed by atoms with van der Waals surface area (Å²) in [7, 11) is 5.98. The molecule has 0 atom stereocenters. The molecule has 0 spiro atoms. The predicted octanol–water partition coefficient (Wildman–Crippen LogP) is 2.92. The maximum atomic E-state index is 4.31. The lowest BCUT2D eigenvalue weighted by molar-refractivity contribution is 0.400. The summed E-state index contributed by atoms with van der Waals surface area (Å²) in [5, 5.41) is 6.77. The van der Waals surface area contributed by atoms with Crippen molar-refractivity contribution in [3.63, 3.8) is 0 Å². The van der Waals surface area contributed by atoms with Gasteiger partial charge in [-0.2, -0.15) is 0 Å². The van der Waals surface area contributed by atoms with Gasteiger partial charge in [-0.25, -0.2) is 0 Å². The zero-order chi connectivity index (χ0) is 17.4. The Labute approximate surface area is 145 Å². The van der Waals surface area contributed by atoms with Crippen molar-refractivity contribution in [2.45, 2.75) is 26.6 Å². The molecule has 2 N–H and O–H groups in total. The summed E-state index contributed by atoms with van der Waals surface area (Å²) in [6.45, 7) is 4.56. The minimum atomic E-state index is 0.761. The highest BCUT2D eigenvalue weighted by molar-refractivity contribution is 5.79. The standard InChI is InChI=1S/C20H28N4/c1-16-9-11-17(12-10-16)13-22-20(21-2)23-14-18-7-5-6-8-19(18)15-24(3)4/h5-12H,13-15H2,1-4H3,(H2,21,22,23). The van der Waals surface area contributed by atoms with Gasteiger partial charge in [0.1, 0.15) is 0 Å². The summed E-state index contributed by atoms with van der Waals surface area (Å²) in [4.78, 5) is 6.49. The maximum Gasteiger partial charge on any atom is 0.191 e. The first-order valence-electron chi connectivity index (χ1n) is 8.30. The molecule has 24 heavy (non-hydrogen) atoms. The van der Waals surface area contributed by atoms with E-state index in [4.69, 9.17) is 0 Å². The SMILES string of the molecule is CN=C(NCc1ccc(C)cc1)NCc1ccccc1CN(C)C. The minimum Gasteiger partial charge on any atom is -0.352 e. The van der Waals surface area contributed by atoms with Crippen molar-refractivity contribution in [3.05, 3.63) is 70.8 Å². The fraction of sp³-hybridized carbons (Fsp3) is 0.350. The fourth-order valence-corrected chi connectivity index (χ4v) is 2.52. The fourth-order valence-electron chi connectivity index (χ4n) is 2.52. The molecule has 2 aromatic rings. The molecule has 0 amide bonds. The number of rotatable bonds is 6. The van der Waals surface area contributed by atoms with Gasteiger partial charge in [-0.1, -0.05) is 54.1 Å². The van der Waals surface area contributed by atoms with E-state index in [1.807, 2.05) is 0 Å². The molecule has 0 saturated carbocycles. The van der Waals surface area contributed by atoms with Gasteiger partial charge in [0.25, 0.3) is 0 Å². The summed E-state index contributed by atoms with van der Waals surface area (Å²) in [6, 6.07) is 17.1. The van der Waals surface area contributed by atoms with E-state index in [1.54, 1.807) is 7.05 Å². The van der Waals surface area contributed by atoms with Crippen molar-refractivity contribution in [1.29, 1.82) is 0 Å². The number of hydrogen-bond donors (Lipinski definition) is 2. The molecule has 0 fully saturated rings. The number of nitrogens with one attached hydrogen (secondary N) is 2. The van der Waals surface area contributed by atoms with Crippen molar-refractivity contribution >= 4 is 5.96 Å². The van der Waals surface area contributed by atoms with Crippen molar-refractivity contribution < 1.29 is 0 Å². The summed E-state index contributed by atoms with van der Waals surface area (Å²) >= 11 is 0. The number of nitrogens with zero attached hydrogens (tertiary/aromatic N) is 2. The smallest absolute Gasteiger partial charge is 0.191 e. The number of aryl methyl sites for hydroxylation is 1. The topological polar surface area (TPSA) is 39.7 Å². The Morgan fingerprint density at radius 3 is 2.17 bits per heavy atom. The Hall–Kier alpha value is -2.33. The van der Waals surface area contributed by atoms with E-state index < -0.39 is 0 Å². The quantitative estimate of drug-likeness (QED) is 0.634. The maximum absolute atomic E-state index is 4.31. The third kappa shape index (κ3) is 5.70. The summed E-state index contributed by atoms with van der Waals surface area (Å²) < 4.78 is 0.